The fourth-order valence-electron chi connectivity index (χ4n) is 1.82. The quantitative estimate of drug-likeness (QED) is 0.517. The lowest BCUT2D eigenvalue weighted by atomic mass is 10.2. The van der Waals surface area contributed by atoms with E-state index in [2.05, 4.69) is 15.3 Å². The Hall–Kier alpha value is -2.15. The van der Waals surface area contributed by atoms with Gasteiger partial charge in [0, 0.05) is 18.7 Å². The van der Waals surface area contributed by atoms with E-state index < -0.39 is 0 Å². The van der Waals surface area contributed by atoms with Gasteiger partial charge in [0.1, 0.15) is 17.2 Å². The number of nitrogens with one attached hydrogen (secondary N) is 1. The molecule has 0 aliphatic heterocycles. The molecule has 0 saturated carbocycles. The minimum Gasteiger partial charge on any atom is -0.373 e. The summed E-state index contributed by atoms with van der Waals surface area (Å²) in [4.78, 5) is 19.6. The molecule has 2 aromatic rings. The Morgan fingerprint density at radius 1 is 1.35 bits per heavy atom. The highest BCUT2D eigenvalue weighted by molar-refractivity contribution is 7.99. The van der Waals surface area contributed by atoms with Crippen molar-refractivity contribution in [2.75, 3.05) is 12.4 Å². The number of nitro benzene ring substituents is 1. The predicted octanol–water partition coefficient (Wildman–Crippen LogP) is 3.14. The Morgan fingerprint density at radius 3 is 2.75 bits per heavy atom. The average molecular weight is 290 g/mol. The van der Waals surface area contributed by atoms with Crippen molar-refractivity contribution in [3.8, 4) is 0 Å². The highest BCUT2D eigenvalue weighted by atomic mass is 32.2. The number of aromatic nitrogens is 2. The fourth-order valence-corrected chi connectivity index (χ4v) is 2.88. The third-order valence-electron chi connectivity index (χ3n) is 2.76. The Labute approximate surface area is 120 Å². The van der Waals surface area contributed by atoms with Crippen LogP contribution in [0.3, 0.4) is 0 Å². The second kappa shape index (κ2) is 6.33. The molecule has 0 aliphatic rings. The van der Waals surface area contributed by atoms with Gasteiger partial charge in [-0.2, -0.15) is 0 Å². The van der Waals surface area contributed by atoms with Gasteiger partial charge in [-0.25, -0.2) is 9.97 Å². The minimum atomic E-state index is -0.381. The summed E-state index contributed by atoms with van der Waals surface area (Å²) in [5.41, 5.74) is 1.04. The molecule has 0 saturated heterocycles. The number of nitro groups is 1. The van der Waals surface area contributed by atoms with Crippen LogP contribution in [0, 0.1) is 10.1 Å². The summed E-state index contributed by atoms with van der Waals surface area (Å²) in [7, 11) is 1.79. The molecule has 0 amide bonds. The van der Waals surface area contributed by atoms with Crippen molar-refractivity contribution >= 4 is 23.3 Å². The van der Waals surface area contributed by atoms with Gasteiger partial charge in [-0.3, -0.25) is 10.1 Å². The van der Waals surface area contributed by atoms with Crippen LogP contribution in [0.2, 0.25) is 0 Å². The number of anilines is 1. The number of rotatable bonds is 5. The molecule has 1 aromatic carbocycles. The largest absolute Gasteiger partial charge is 0.373 e. The summed E-state index contributed by atoms with van der Waals surface area (Å²) in [5, 5.41) is 14.8. The van der Waals surface area contributed by atoms with Crippen LogP contribution in [0.1, 0.15) is 12.5 Å². The zero-order valence-electron chi connectivity index (χ0n) is 11.2. The van der Waals surface area contributed by atoms with Gasteiger partial charge in [0.05, 0.1) is 9.82 Å². The van der Waals surface area contributed by atoms with Gasteiger partial charge < -0.3 is 5.32 Å². The van der Waals surface area contributed by atoms with Crippen molar-refractivity contribution in [3.05, 3.63) is 46.3 Å². The fraction of sp³-hybridized carbons (Fsp3) is 0.231. The van der Waals surface area contributed by atoms with Gasteiger partial charge in [-0.15, -0.1) is 0 Å². The van der Waals surface area contributed by atoms with Crippen LogP contribution in [0.5, 0.6) is 0 Å². The SMILES string of the molecule is CCc1c(NC)ncnc1Sc1ccccc1[N+](=O)[O-]. The van der Waals surface area contributed by atoms with Gasteiger partial charge in [0.2, 0.25) is 0 Å². The molecule has 2 rings (SSSR count). The molecule has 0 bridgehead atoms. The number of hydrogen-bond donors (Lipinski definition) is 1. The average Bonchev–Trinajstić information content (AvgIpc) is 2.47. The highest BCUT2D eigenvalue weighted by Gasteiger charge is 2.17. The van der Waals surface area contributed by atoms with Gasteiger partial charge in [0.15, 0.2) is 0 Å². The number of hydrogen-bond acceptors (Lipinski definition) is 6. The predicted molar refractivity (Wildman–Crippen MR) is 78.2 cm³/mol. The van der Waals surface area contributed by atoms with E-state index in [9.17, 15) is 10.1 Å². The first-order valence-corrected chi connectivity index (χ1v) is 6.92. The maximum absolute atomic E-state index is 11.0. The molecule has 20 heavy (non-hydrogen) atoms. The normalized spacial score (nSPS) is 10.3. The molecule has 1 aromatic heterocycles. The van der Waals surface area contributed by atoms with Crippen LogP contribution >= 0.6 is 11.8 Å². The minimum absolute atomic E-state index is 0.0872. The molecule has 6 nitrogen and oxygen atoms in total. The van der Waals surface area contributed by atoms with E-state index in [4.69, 9.17) is 0 Å². The first kappa shape index (κ1) is 14.3. The molecule has 1 N–H and O–H groups in total. The summed E-state index contributed by atoms with van der Waals surface area (Å²) < 4.78 is 0. The van der Waals surface area contributed by atoms with Gasteiger partial charge in [-0.05, 0) is 12.5 Å². The summed E-state index contributed by atoms with van der Waals surface area (Å²) in [5.74, 6) is 0.753. The molecule has 104 valence electrons. The van der Waals surface area contributed by atoms with Crippen LogP contribution in [0.15, 0.2) is 40.5 Å². The van der Waals surface area contributed by atoms with Crippen molar-refractivity contribution in [3.63, 3.8) is 0 Å². The van der Waals surface area contributed by atoms with E-state index >= 15 is 0 Å². The van der Waals surface area contributed by atoms with E-state index in [0.29, 0.717) is 4.90 Å². The van der Waals surface area contributed by atoms with Crippen molar-refractivity contribution in [2.45, 2.75) is 23.3 Å². The third kappa shape index (κ3) is 2.88. The molecule has 0 radical (unpaired) electrons. The maximum atomic E-state index is 11.0. The van der Waals surface area contributed by atoms with E-state index in [1.807, 2.05) is 6.92 Å². The lowest BCUT2D eigenvalue weighted by molar-refractivity contribution is -0.387. The number of benzene rings is 1. The summed E-state index contributed by atoms with van der Waals surface area (Å²) in [6.45, 7) is 2.00. The Morgan fingerprint density at radius 2 is 2.10 bits per heavy atom. The molecule has 0 aliphatic carbocycles. The lowest BCUT2D eigenvalue weighted by Crippen LogP contribution is -2.01. The smallest absolute Gasteiger partial charge is 0.283 e. The van der Waals surface area contributed by atoms with Gasteiger partial charge in [-0.1, -0.05) is 30.8 Å². The Kier molecular flexibility index (Phi) is 4.52. The van der Waals surface area contributed by atoms with E-state index in [1.54, 1.807) is 25.2 Å². The van der Waals surface area contributed by atoms with Crippen molar-refractivity contribution in [1.82, 2.24) is 9.97 Å². The topological polar surface area (TPSA) is 81.0 Å². The molecule has 0 fully saturated rings. The van der Waals surface area contributed by atoms with E-state index in [0.717, 1.165) is 22.8 Å². The van der Waals surface area contributed by atoms with Crippen LogP contribution in [-0.2, 0) is 6.42 Å². The molecule has 0 unspecified atom stereocenters. The third-order valence-corrected chi connectivity index (χ3v) is 3.88. The molecule has 0 spiro atoms. The Bertz CT molecular complexity index is 634. The second-order valence-corrected chi connectivity index (χ2v) is 4.97. The standard InChI is InChI=1S/C13H14N4O2S/c1-3-9-12(14-2)15-8-16-13(9)20-11-7-5-4-6-10(11)17(18)19/h4-8H,3H2,1-2H3,(H,14,15,16). The maximum Gasteiger partial charge on any atom is 0.283 e. The van der Waals surface area contributed by atoms with Gasteiger partial charge in [0.25, 0.3) is 5.69 Å². The van der Waals surface area contributed by atoms with Crippen LogP contribution in [-0.4, -0.2) is 21.9 Å². The molecular formula is C13H14N4O2S. The van der Waals surface area contributed by atoms with Crippen molar-refractivity contribution < 1.29 is 4.92 Å². The summed E-state index contributed by atoms with van der Waals surface area (Å²) in [6.07, 6.45) is 2.21. The van der Waals surface area contributed by atoms with Crippen molar-refractivity contribution in [1.29, 1.82) is 0 Å². The van der Waals surface area contributed by atoms with E-state index in [1.165, 1.54) is 24.2 Å². The molecule has 7 heteroatoms. The molecule has 0 atom stereocenters. The first-order chi connectivity index (χ1) is 9.67. The first-order valence-electron chi connectivity index (χ1n) is 6.10. The van der Waals surface area contributed by atoms with Crippen molar-refractivity contribution in [2.24, 2.45) is 0 Å². The van der Waals surface area contributed by atoms with Gasteiger partial charge >= 0.3 is 0 Å². The van der Waals surface area contributed by atoms with E-state index in [-0.39, 0.29) is 10.6 Å². The second-order valence-electron chi connectivity index (χ2n) is 3.94. The molecule has 1 heterocycles. The van der Waals surface area contributed by atoms with Crippen LogP contribution < -0.4 is 5.32 Å². The Balaban J connectivity index is 2.43. The monoisotopic (exact) mass is 290 g/mol. The lowest BCUT2D eigenvalue weighted by Gasteiger charge is -2.10. The highest BCUT2D eigenvalue weighted by Crippen LogP contribution is 2.36. The van der Waals surface area contributed by atoms with Crippen LogP contribution in [0.4, 0.5) is 11.5 Å². The van der Waals surface area contributed by atoms with Crippen LogP contribution in [0.25, 0.3) is 0 Å². The summed E-state index contributed by atoms with van der Waals surface area (Å²) in [6, 6.07) is 6.65. The number of para-hydroxylation sites is 1. The summed E-state index contributed by atoms with van der Waals surface area (Å²) >= 11 is 1.29. The zero-order valence-corrected chi connectivity index (χ0v) is 12.0. The molecular weight excluding hydrogens is 276 g/mol. The zero-order chi connectivity index (χ0) is 14.5. The number of nitrogens with zero attached hydrogens (tertiary/aromatic N) is 3.